The van der Waals surface area contributed by atoms with E-state index in [4.69, 9.17) is 16.3 Å². The fourth-order valence-electron chi connectivity index (χ4n) is 3.78. The van der Waals surface area contributed by atoms with E-state index in [1.165, 1.54) is 12.1 Å². The molecular formula is C23H21ClN2O4. The van der Waals surface area contributed by atoms with Crippen molar-refractivity contribution >= 4 is 29.3 Å². The quantitative estimate of drug-likeness (QED) is 0.540. The molecule has 0 bridgehead atoms. The number of imide groups is 1. The van der Waals surface area contributed by atoms with Gasteiger partial charge in [0.25, 0.3) is 17.7 Å². The molecule has 1 fully saturated rings. The van der Waals surface area contributed by atoms with Crippen molar-refractivity contribution in [2.75, 3.05) is 19.6 Å². The number of halogens is 1. The van der Waals surface area contributed by atoms with Crippen LogP contribution in [0.2, 0.25) is 5.02 Å². The van der Waals surface area contributed by atoms with E-state index in [1.54, 1.807) is 29.2 Å². The molecule has 2 heterocycles. The van der Waals surface area contributed by atoms with Gasteiger partial charge in [-0.1, -0.05) is 17.7 Å². The molecule has 154 valence electrons. The van der Waals surface area contributed by atoms with E-state index in [-0.39, 0.29) is 35.9 Å². The van der Waals surface area contributed by atoms with Gasteiger partial charge >= 0.3 is 0 Å². The van der Waals surface area contributed by atoms with Crippen LogP contribution >= 0.6 is 11.6 Å². The zero-order valence-corrected chi connectivity index (χ0v) is 17.1. The number of carbonyl (C=O) groups is 3. The number of carbonyl (C=O) groups excluding carboxylic acids is 3. The Morgan fingerprint density at radius 1 is 1.07 bits per heavy atom. The molecule has 30 heavy (non-hydrogen) atoms. The molecule has 0 unspecified atom stereocenters. The molecule has 0 N–H and O–H groups in total. The summed E-state index contributed by atoms with van der Waals surface area (Å²) in [6.45, 7) is 4.84. The van der Waals surface area contributed by atoms with E-state index >= 15 is 0 Å². The second-order valence-electron chi connectivity index (χ2n) is 7.33. The smallest absolute Gasteiger partial charge is 0.261 e. The van der Waals surface area contributed by atoms with Gasteiger partial charge in [-0.25, -0.2) is 0 Å². The molecule has 0 radical (unpaired) electrons. The Balaban J connectivity index is 1.40. The lowest BCUT2D eigenvalue weighted by Crippen LogP contribution is -2.41. The Bertz CT molecular complexity index is 1010. The van der Waals surface area contributed by atoms with Gasteiger partial charge in [-0.2, -0.15) is 0 Å². The van der Waals surface area contributed by atoms with E-state index in [1.807, 2.05) is 12.1 Å². The number of hydrogen-bond acceptors (Lipinski definition) is 4. The van der Waals surface area contributed by atoms with Gasteiger partial charge < -0.3 is 9.64 Å². The fourth-order valence-corrected chi connectivity index (χ4v) is 3.91. The minimum absolute atomic E-state index is 0.0295. The molecule has 7 heteroatoms. The predicted molar refractivity (Wildman–Crippen MR) is 113 cm³/mol. The number of nitrogens with zero attached hydrogens (tertiary/aromatic N) is 2. The number of rotatable bonds is 5. The first-order valence-corrected chi connectivity index (χ1v) is 10.2. The van der Waals surface area contributed by atoms with Crippen molar-refractivity contribution in [1.82, 2.24) is 9.80 Å². The van der Waals surface area contributed by atoms with Crippen LogP contribution in [0.1, 0.15) is 43.9 Å². The summed E-state index contributed by atoms with van der Waals surface area (Å²) in [5.74, 6) is -0.131. The zero-order valence-electron chi connectivity index (χ0n) is 16.3. The lowest BCUT2D eigenvalue weighted by Gasteiger charge is -2.32. The number of benzene rings is 2. The van der Waals surface area contributed by atoms with Gasteiger partial charge in [0.1, 0.15) is 11.9 Å². The normalized spacial score (nSPS) is 16.6. The van der Waals surface area contributed by atoms with Crippen LogP contribution in [0.15, 0.2) is 55.1 Å². The Morgan fingerprint density at radius 2 is 1.73 bits per heavy atom. The molecule has 2 aromatic rings. The molecule has 0 aliphatic carbocycles. The van der Waals surface area contributed by atoms with Gasteiger partial charge in [0, 0.05) is 43.1 Å². The molecule has 0 saturated carbocycles. The van der Waals surface area contributed by atoms with E-state index in [2.05, 4.69) is 6.58 Å². The van der Waals surface area contributed by atoms with Crippen molar-refractivity contribution in [3.8, 4) is 5.75 Å². The van der Waals surface area contributed by atoms with E-state index in [9.17, 15) is 14.4 Å². The number of amides is 3. The number of fused-ring (bicyclic) bond motifs is 1. The van der Waals surface area contributed by atoms with Gasteiger partial charge in [-0.15, -0.1) is 6.58 Å². The minimum Gasteiger partial charge on any atom is -0.490 e. The zero-order chi connectivity index (χ0) is 21.3. The standard InChI is InChI=1S/C23H21ClN2O4/c1-2-11-26-22(28)19-8-3-15(14-20(19)23(26)29)21(27)25-12-9-18(10-13-25)30-17-6-4-16(24)5-7-17/h2-8,14,18H,1,9-13H2. The average Bonchev–Trinajstić information content (AvgIpc) is 3.00. The van der Waals surface area contributed by atoms with E-state index < -0.39 is 0 Å². The molecule has 6 nitrogen and oxygen atoms in total. The molecule has 1 saturated heterocycles. The van der Waals surface area contributed by atoms with Crippen LogP contribution in [0.25, 0.3) is 0 Å². The van der Waals surface area contributed by atoms with Gasteiger partial charge in [0.05, 0.1) is 11.1 Å². The lowest BCUT2D eigenvalue weighted by atomic mass is 10.0. The summed E-state index contributed by atoms with van der Waals surface area (Å²) in [5, 5.41) is 0.657. The third kappa shape index (κ3) is 3.83. The van der Waals surface area contributed by atoms with E-state index in [0.717, 1.165) is 10.6 Å². The Labute approximate surface area is 179 Å². The Morgan fingerprint density at radius 3 is 2.40 bits per heavy atom. The first-order chi connectivity index (χ1) is 14.5. The summed E-state index contributed by atoms with van der Waals surface area (Å²) in [5.41, 5.74) is 1.01. The average molecular weight is 425 g/mol. The number of ether oxygens (including phenoxy) is 1. The van der Waals surface area contributed by atoms with Crippen molar-refractivity contribution in [3.63, 3.8) is 0 Å². The molecule has 3 amide bonds. The van der Waals surface area contributed by atoms with Gasteiger partial charge in [0.2, 0.25) is 0 Å². The molecule has 0 aromatic heterocycles. The van der Waals surface area contributed by atoms with Crippen molar-refractivity contribution in [2.24, 2.45) is 0 Å². The van der Waals surface area contributed by atoms with Crippen molar-refractivity contribution in [1.29, 1.82) is 0 Å². The highest BCUT2D eigenvalue weighted by atomic mass is 35.5. The maximum absolute atomic E-state index is 12.9. The third-order valence-corrected chi connectivity index (χ3v) is 5.63. The van der Waals surface area contributed by atoms with Crippen LogP contribution < -0.4 is 4.74 Å². The maximum atomic E-state index is 12.9. The topological polar surface area (TPSA) is 66.9 Å². The third-order valence-electron chi connectivity index (χ3n) is 5.37. The highest BCUT2D eigenvalue weighted by molar-refractivity contribution is 6.30. The summed E-state index contributed by atoms with van der Waals surface area (Å²) in [7, 11) is 0. The second kappa shape index (κ2) is 8.32. The van der Waals surface area contributed by atoms with Gasteiger partial charge in [-0.3, -0.25) is 19.3 Å². The lowest BCUT2D eigenvalue weighted by molar-refractivity contribution is 0.0594. The highest BCUT2D eigenvalue weighted by Gasteiger charge is 2.35. The summed E-state index contributed by atoms with van der Waals surface area (Å²) >= 11 is 5.90. The Kier molecular flexibility index (Phi) is 5.59. The number of piperidine rings is 1. The Hall–Kier alpha value is -3.12. The molecule has 0 atom stereocenters. The molecule has 2 aliphatic heterocycles. The summed E-state index contributed by atoms with van der Waals surface area (Å²) < 4.78 is 5.97. The van der Waals surface area contributed by atoms with Crippen LogP contribution in [0.5, 0.6) is 5.75 Å². The van der Waals surface area contributed by atoms with Gasteiger partial charge in [0.15, 0.2) is 0 Å². The molecule has 0 spiro atoms. The van der Waals surface area contributed by atoms with Gasteiger partial charge in [-0.05, 0) is 42.5 Å². The highest BCUT2D eigenvalue weighted by Crippen LogP contribution is 2.26. The van der Waals surface area contributed by atoms with E-state index in [0.29, 0.717) is 42.1 Å². The van der Waals surface area contributed by atoms with Crippen LogP contribution in [0.4, 0.5) is 0 Å². The molecular weight excluding hydrogens is 404 g/mol. The minimum atomic E-state index is -0.389. The fraction of sp³-hybridized carbons (Fsp3) is 0.261. The predicted octanol–water partition coefficient (Wildman–Crippen LogP) is 3.81. The first kappa shape index (κ1) is 20.2. The number of likely N-dealkylation sites (tertiary alicyclic amines) is 1. The van der Waals surface area contributed by atoms with Crippen LogP contribution in [-0.2, 0) is 0 Å². The van der Waals surface area contributed by atoms with Crippen molar-refractivity contribution in [3.05, 3.63) is 76.8 Å². The maximum Gasteiger partial charge on any atom is 0.261 e. The molecule has 2 aliphatic rings. The number of hydrogen-bond donors (Lipinski definition) is 0. The van der Waals surface area contributed by atoms with Crippen LogP contribution in [0, 0.1) is 0 Å². The molecule has 4 rings (SSSR count). The summed E-state index contributed by atoms with van der Waals surface area (Å²) in [4.78, 5) is 40.6. The largest absolute Gasteiger partial charge is 0.490 e. The van der Waals surface area contributed by atoms with Crippen LogP contribution in [0.3, 0.4) is 0 Å². The molecule has 2 aromatic carbocycles. The van der Waals surface area contributed by atoms with Crippen molar-refractivity contribution in [2.45, 2.75) is 18.9 Å². The summed E-state index contributed by atoms with van der Waals surface area (Å²) in [6, 6.07) is 11.9. The SMILES string of the molecule is C=CCN1C(=O)c2ccc(C(=O)N3CCC(Oc4ccc(Cl)cc4)CC3)cc2C1=O. The monoisotopic (exact) mass is 424 g/mol. The summed E-state index contributed by atoms with van der Waals surface area (Å²) in [6.07, 6.45) is 2.96. The van der Waals surface area contributed by atoms with Crippen LogP contribution in [-0.4, -0.2) is 53.3 Å². The second-order valence-corrected chi connectivity index (χ2v) is 7.77. The van der Waals surface area contributed by atoms with Crippen molar-refractivity contribution < 1.29 is 19.1 Å². The first-order valence-electron chi connectivity index (χ1n) is 9.80.